The highest BCUT2D eigenvalue weighted by Crippen LogP contribution is 2.37. The second kappa shape index (κ2) is 14.0. The number of halogens is 6. The summed E-state index contributed by atoms with van der Waals surface area (Å²) in [7, 11) is 1.29. The van der Waals surface area contributed by atoms with Gasteiger partial charge in [0.15, 0.2) is 5.84 Å². The van der Waals surface area contributed by atoms with Crippen molar-refractivity contribution in [1.29, 1.82) is 0 Å². The van der Waals surface area contributed by atoms with Crippen molar-refractivity contribution >= 4 is 12.1 Å². The molecule has 0 saturated carbocycles. The lowest BCUT2D eigenvalue weighted by Gasteiger charge is -2.15. The molecule has 0 heterocycles. The average Bonchev–Trinajstić information content (AvgIpc) is 2.84. The molecule has 0 fully saturated rings. The Kier molecular flexibility index (Phi) is 11.5. The first-order valence-electron chi connectivity index (χ1n) is 12.1. The molecule has 0 radical (unpaired) electrons. The molecule has 37 heavy (non-hydrogen) atoms. The Hall–Kier alpha value is -3.04. The number of rotatable bonds is 12. The molecule has 0 aliphatic heterocycles. The lowest BCUT2D eigenvalue weighted by molar-refractivity contribution is -0.139. The van der Waals surface area contributed by atoms with E-state index in [2.05, 4.69) is 17.1 Å². The van der Waals surface area contributed by atoms with Crippen molar-refractivity contribution in [2.75, 3.05) is 13.7 Å². The fourth-order valence-corrected chi connectivity index (χ4v) is 3.53. The SMILES string of the molecule is CCCCC(C)C=N/C(=N\OC)c1ccc(OCCCCc2ccc(C(F)(F)F)cc2)c(C(F)(F)F)c1. The summed E-state index contributed by atoms with van der Waals surface area (Å²) in [5.74, 6) is -0.156. The molecule has 0 bridgehead atoms. The number of hydrogen-bond donors (Lipinski definition) is 0. The van der Waals surface area contributed by atoms with Gasteiger partial charge in [-0.25, -0.2) is 4.99 Å². The molecule has 0 saturated heterocycles. The number of nitrogens with zero attached hydrogens (tertiary/aromatic N) is 2. The van der Waals surface area contributed by atoms with Gasteiger partial charge < -0.3 is 9.57 Å². The number of alkyl halides is 6. The van der Waals surface area contributed by atoms with Crippen LogP contribution in [-0.4, -0.2) is 25.8 Å². The average molecular weight is 531 g/mol. The van der Waals surface area contributed by atoms with E-state index in [1.54, 1.807) is 6.21 Å². The molecule has 0 amide bonds. The summed E-state index contributed by atoms with van der Waals surface area (Å²) in [4.78, 5) is 9.04. The molecular weight excluding hydrogens is 498 g/mol. The Morgan fingerprint density at radius 2 is 1.65 bits per heavy atom. The number of benzene rings is 2. The predicted octanol–water partition coefficient (Wildman–Crippen LogP) is 8.33. The number of unbranched alkanes of at least 4 members (excludes halogenated alkanes) is 2. The van der Waals surface area contributed by atoms with Gasteiger partial charge in [0.2, 0.25) is 0 Å². The minimum absolute atomic E-state index is 0.0230. The summed E-state index contributed by atoms with van der Waals surface area (Å²) in [6, 6.07) is 8.43. The topological polar surface area (TPSA) is 43.2 Å². The summed E-state index contributed by atoms with van der Waals surface area (Å²) in [5, 5.41) is 3.78. The zero-order valence-electron chi connectivity index (χ0n) is 21.1. The summed E-state index contributed by atoms with van der Waals surface area (Å²) in [6.07, 6.45) is -3.01. The van der Waals surface area contributed by atoms with E-state index in [0.717, 1.165) is 37.5 Å². The van der Waals surface area contributed by atoms with E-state index in [0.29, 0.717) is 24.8 Å². The van der Waals surface area contributed by atoms with E-state index in [1.165, 1.54) is 31.4 Å². The van der Waals surface area contributed by atoms with Crippen molar-refractivity contribution in [2.45, 2.75) is 64.7 Å². The highest BCUT2D eigenvalue weighted by atomic mass is 19.4. The van der Waals surface area contributed by atoms with Crippen LogP contribution in [-0.2, 0) is 23.6 Å². The molecule has 1 atom stereocenters. The number of ether oxygens (including phenoxy) is 1. The van der Waals surface area contributed by atoms with Crippen LogP contribution < -0.4 is 4.74 Å². The molecule has 2 aromatic carbocycles. The molecule has 204 valence electrons. The molecular formula is C27H32F6N2O2. The second-order valence-electron chi connectivity index (χ2n) is 8.70. The Bertz CT molecular complexity index is 1030. The summed E-state index contributed by atoms with van der Waals surface area (Å²) >= 11 is 0. The standard InChI is InChI=1S/C27H32F6N2O2/c1-4-5-8-19(2)18-34-25(35-36-3)21-12-15-24(23(17-21)27(31,32)33)37-16-7-6-9-20-10-13-22(14-11-20)26(28,29)30/h10-15,17-19H,4-9,16H2,1-3H3/b34-18?,35-25-. The van der Waals surface area contributed by atoms with E-state index >= 15 is 0 Å². The first-order chi connectivity index (χ1) is 17.5. The lowest BCUT2D eigenvalue weighted by Crippen LogP contribution is -2.12. The van der Waals surface area contributed by atoms with Crippen LogP contribution in [0.1, 0.15) is 68.2 Å². The Morgan fingerprint density at radius 3 is 2.24 bits per heavy atom. The minimum Gasteiger partial charge on any atom is -0.493 e. The second-order valence-corrected chi connectivity index (χ2v) is 8.70. The number of aliphatic imine (C=N–C) groups is 1. The third kappa shape index (κ3) is 10.1. The Morgan fingerprint density at radius 1 is 0.946 bits per heavy atom. The van der Waals surface area contributed by atoms with Gasteiger partial charge >= 0.3 is 12.4 Å². The van der Waals surface area contributed by atoms with Crippen LogP contribution in [0.4, 0.5) is 26.3 Å². The van der Waals surface area contributed by atoms with E-state index < -0.39 is 23.5 Å². The zero-order chi connectivity index (χ0) is 27.5. The van der Waals surface area contributed by atoms with Crippen LogP contribution in [0.15, 0.2) is 52.6 Å². The van der Waals surface area contributed by atoms with Crippen molar-refractivity contribution < 1.29 is 35.9 Å². The Labute approximate surface area is 213 Å². The fourth-order valence-electron chi connectivity index (χ4n) is 3.53. The van der Waals surface area contributed by atoms with Gasteiger partial charge in [0.1, 0.15) is 12.9 Å². The van der Waals surface area contributed by atoms with Gasteiger partial charge in [-0.15, -0.1) is 0 Å². The van der Waals surface area contributed by atoms with Gasteiger partial charge in [-0.3, -0.25) is 0 Å². The molecule has 0 spiro atoms. The lowest BCUT2D eigenvalue weighted by atomic mass is 10.1. The molecule has 0 aliphatic rings. The molecule has 0 aliphatic carbocycles. The van der Waals surface area contributed by atoms with Crippen molar-refractivity contribution in [3.05, 3.63) is 64.7 Å². The minimum atomic E-state index is -4.66. The van der Waals surface area contributed by atoms with Gasteiger partial charge in [-0.1, -0.05) is 44.0 Å². The maximum absolute atomic E-state index is 13.8. The summed E-state index contributed by atoms with van der Waals surface area (Å²) in [6.45, 7) is 4.07. The largest absolute Gasteiger partial charge is 0.493 e. The number of hydrogen-bond acceptors (Lipinski definition) is 3. The van der Waals surface area contributed by atoms with Gasteiger partial charge in [-0.05, 0) is 67.5 Å². The van der Waals surface area contributed by atoms with Crippen molar-refractivity contribution in [3.63, 3.8) is 0 Å². The van der Waals surface area contributed by atoms with Crippen molar-refractivity contribution in [3.8, 4) is 5.75 Å². The zero-order valence-corrected chi connectivity index (χ0v) is 21.1. The monoisotopic (exact) mass is 530 g/mol. The van der Waals surface area contributed by atoms with Gasteiger partial charge in [-0.2, -0.15) is 26.3 Å². The first-order valence-corrected chi connectivity index (χ1v) is 12.1. The first kappa shape index (κ1) is 30.2. The summed E-state index contributed by atoms with van der Waals surface area (Å²) in [5.41, 5.74) is -0.825. The number of amidine groups is 1. The molecule has 4 nitrogen and oxygen atoms in total. The predicted molar refractivity (Wildman–Crippen MR) is 132 cm³/mol. The van der Waals surface area contributed by atoms with Gasteiger partial charge in [0, 0.05) is 11.8 Å². The van der Waals surface area contributed by atoms with E-state index in [4.69, 9.17) is 9.57 Å². The van der Waals surface area contributed by atoms with Crippen LogP contribution in [0, 0.1) is 5.92 Å². The third-order valence-electron chi connectivity index (χ3n) is 5.58. The quantitative estimate of drug-likeness (QED) is 0.0910. The highest BCUT2D eigenvalue weighted by Gasteiger charge is 2.35. The van der Waals surface area contributed by atoms with Crippen LogP contribution in [0.3, 0.4) is 0 Å². The van der Waals surface area contributed by atoms with Gasteiger partial charge in [0.25, 0.3) is 0 Å². The number of aryl methyl sites for hydroxylation is 1. The molecule has 1 unspecified atom stereocenters. The van der Waals surface area contributed by atoms with Crippen LogP contribution >= 0.6 is 0 Å². The fraction of sp³-hybridized carbons (Fsp3) is 0.481. The van der Waals surface area contributed by atoms with Crippen molar-refractivity contribution in [2.24, 2.45) is 16.1 Å². The normalized spacial score (nSPS) is 13.7. The molecule has 0 N–H and O–H groups in total. The molecule has 2 rings (SSSR count). The van der Waals surface area contributed by atoms with E-state index in [1.807, 2.05) is 6.92 Å². The van der Waals surface area contributed by atoms with Crippen LogP contribution in [0.25, 0.3) is 0 Å². The summed E-state index contributed by atoms with van der Waals surface area (Å²) < 4.78 is 84.7. The molecule has 0 aromatic heterocycles. The smallest absolute Gasteiger partial charge is 0.419 e. The van der Waals surface area contributed by atoms with Crippen LogP contribution in [0.2, 0.25) is 0 Å². The van der Waals surface area contributed by atoms with Crippen LogP contribution in [0.5, 0.6) is 5.75 Å². The molecule has 2 aromatic rings. The Balaban J connectivity index is 2.03. The maximum Gasteiger partial charge on any atom is 0.419 e. The van der Waals surface area contributed by atoms with E-state index in [9.17, 15) is 26.3 Å². The van der Waals surface area contributed by atoms with E-state index in [-0.39, 0.29) is 29.7 Å². The third-order valence-corrected chi connectivity index (χ3v) is 5.58. The number of oxime groups is 1. The van der Waals surface area contributed by atoms with Gasteiger partial charge in [0.05, 0.1) is 17.7 Å². The highest BCUT2D eigenvalue weighted by molar-refractivity contribution is 6.03. The molecule has 10 heteroatoms. The maximum atomic E-state index is 13.8. The van der Waals surface area contributed by atoms with Crippen molar-refractivity contribution in [1.82, 2.24) is 0 Å².